The van der Waals surface area contributed by atoms with Gasteiger partial charge in [-0.05, 0) is 52.6 Å². The fraction of sp³-hybridized carbons (Fsp3) is 0.412. The molecule has 0 aliphatic carbocycles. The van der Waals surface area contributed by atoms with Crippen molar-refractivity contribution >= 4 is 43.8 Å². The first-order chi connectivity index (χ1) is 12.9. The molecule has 0 N–H and O–H groups in total. The van der Waals surface area contributed by atoms with Crippen LogP contribution in [0.3, 0.4) is 0 Å². The van der Waals surface area contributed by atoms with Crippen LogP contribution < -0.4 is 0 Å². The van der Waals surface area contributed by atoms with Gasteiger partial charge in [0.05, 0.1) is 22.2 Å². The van der Waals surface area contributed by atoms with E-state index in [0.717, 1.165) is 8.95 Å². The van der Waals surface area contributed by atoms with Gasteiger partial charge in [0.1, 0.15) is 24.0 Å². The Bertz CT molecular complexity index is 727. The summed E-state index contributed by atoms with van der Waals surface area (Å²) in [4.78, 5) is 38.2. The van der Waals surface area contributed by atoms with Gasteiger partial charge in [0, 0.05) is 24.8 Å². The predicted octanol–water partition coefficient (Wildman–Crippen LogP) is 3.25. The van der Waals surface area contributed by atoms with E-state index in [9.17, 15) is 9.59 Å². The molecule has 2 aromatic rings. The predicted molar refractivity (Wildman–Crippen MR) is 105 cm³/mol. The lowest BCUT2D eigenvalue weighted by Crippen LogP contribution is -2.15. The average molecular weight is 504 g/mol. The van der Waals surface area contributed by atoms with Crippen LogP contribution in [0.1, 0.15) is 38.3 Å². The maximum Gasteiger partial charge on any atom is 0.316 e. The van der Waals surface area contributed by atoms with E-state index in [-0.39, 0.29) is 18.4 Å². The summed E-state index contributed by atoms with van der Waals surface area (Å²) in [5.74, 6) is -0.0593. The average Bonchev–Trinajstić information content (AvgIpc) is 2.64. The molecule has 0 fully saturated rings. The Morgan fingerprint density at radius 1 is 0.926 bits per heavy atom. The molecule has 0 amide bonds. The lowest BCUT2D eigenvalue weighted by atomic mass is 10.2. The minimum Gasteiger partial charge on any atom is -0.466 e. The molecule has 0 saturated heterocycles. The van der Waals surface area contributed by atoms with E-state index in [1.807, 2.05) is 0 Å². The molecule has 146 valence electrons. The summed E-state index contributed by atoms with van der Waals surface area (Å²) in [5, 5.41) is 0. The van der Waals surface area contributed by atoms with Crippen LogP contribution in [0.5, 0.6) is 0 Å². The van der Waals surface area contributed by atoms with Crippen LogP contribution in [0.4, 0.5) is 0 Å². The molecule has 0 saturated carbocycles. The number of carbonyl (C=O) groups excluding carboxylic acids is 2. The van der Waals surface area contributed by atoms with Gasteiger partial charge in [-0.25, -0.2) is 19.9 Å². The first kappa shape index (κ1) is 23.1. The van der Waals surface area contributed by atoms with Gasteiger partial charge in [0.2, 0.25) is 0 Å². The molecule has 10 heteroatoms. The molecule has 2 rings (SSSR count). The molecule has 0 radical (unpaired) electrons. The summed E-state index contributed by atoms with van der Waals surface area (Å²) in [5.41, 5.74) is 0. The van der Waals surface area contributed by atoms with E-state index < -0.39 is 5.92 Å². The van der Waals surface area contributed by atoms with Crippen molar-refractivity contribution in [3.8, 4) is 0 Å². The highest BCUT2D eigenvalue weighted by molar-refractivity contribution is 9.10. The fourth-order valence-electron chi connectivity index (χ4n) is 1.69. The summed E-state index contributed by atoms with van der Waals surface area (Å²) in [7, 11) is 0. The first-order valence-electron chi connectivity index (χ1n) is 8.13. The summed E-state index contributed by atoms with van der Waals surface area (Å²) in [6.07, 6.45) is 6.54. The third kappa shape index (κ3) is 9.00. The number of halogens is 2. The lowest BCUT2D eigenvalue weighted by molar-refractivity contribution is -0.145. The summed E-state index contributed by atoms with van der Waals surface area (Å²) in [6.45, 7) is 6.02. The van der Waals surface area contributed by atoms with Crippen LogP contribution in [-0.2, 0) is 25.5 Å². The van der Waals surface area contributed by atoms with Gasteiger partial charge >= 0.3 is 11.9 Å². The molecule has 2 aromatic heterocycles. The van der Waals surface area contributed by atoms with Crippen LogP contribution in [0.2, 0.25) is 0 Å². The van der Waals surface area contributed by atoms with Crippen LogP contribution in [0, 0.1) is 0 Å². The highest BCUT2D eigenvalue weighted by atomic mass is 79.9. The minimum atomic E-state index is -0.414. The topological polar surface area (TPSA) is 104 Å². The summed E-state index contributed by atoms with van der Waals surface area (Å²) >= 11 is 6.42. The third-order valence-corrected chi connectivity index (χ3v) is 3.77. The molecule has 1 unspecified atom stereocenters. The van der Waals surface area contributed by atoms with Crippen LogP contribution in [-0.4, -0.2) is 45.1 Å². The van der Waals surface area contributed by atoms with Crippen molar-refractivity contribution in [2.24, 2.45) is 0 Å². The number of hydrogen-bond acceptors (Lipinski definition) is 8. The number of esters is 2. The largest absolute Gasteiger partial charge is 0.466 e. The second kappa shape index (κ2) is 12.4. The van der Waals surface area contributed by atoms with E-state index in [4.69, 9.17) is 9.47 Å². The van der Waals surface area contributed by atoms with Crippen LogP contribution in [0.15, 0.2) is 33.7 Å². The number of rotatable bonds is 6. The maximum atomic E-state index is 11.3. The van der Waals surface area contributed by atoms with Gasteiger partial charge in [0.15, 0.2) is 0 Å². The quantitative estimate of drug-likeness (QED) is 0.553. The molecular weight excluding hydrogens is 484 g/mol. The monoisotopic (exact) mass is 502 g/mol. The maximum absolute atomic E-state index is 11.3. The van der Waals surface area contributed by atoms with Crippen molar-refractivity contribution in [1.82, 2.24) is 19.9 Å². The second-order valence-corrected chi connectivity index (χ2v) is 6.86. The fourth-order valence-corrected chi connectivity index (χ4v) is 2.10. The molecule has 1 atom stereocenters. The molecule has 0 bridgehead atoms. The van der Waals surface area contributed by atoms with Crippen molar-refractivity contribution in [1.29, 1.82) is 0 Å². The Kier molecular flexibility index (Phi) is 10.6. The first-order valence-corrected chi connectivity index (χ1v) is 9.72. The molecule has 0 spiro atoms. The smallest absolute Gasteiger partial charge is 0.316 e. The van der Waals surface area contributed by atoms with Gasteiger partial charge in [-0.1, -0.05) is 0 Å². The summed E-state index contributed by atoms with van der Waals surface area (Å²) < 4.78 is 11.2. The SMILES string of the molecule is CCOC(=O)C(C)c1ncc(Br)cn1.CCOC(=O)Cc1ncc(Br)cn1. The highest BCUT2D eigenvalue weighted by Gasteiger charge is 2.18. The number of ether oxygens (including phenoxy) is 2. The molecule has 0 aliphatic heterocycles. The van der Waals surface area contributed by atoms with E-state index >= 15 is 0 Å². The van der Waals surface area contributed by atoms with Gasteiger partial charge in [0.25, 0.3) is 0 Å². The normalized spacial score (nSPS) is 11.0. The Labute approximate surface area is 174 Å². The molecule has 0 aromatic carbocycles. The number of nitrogens with zero attached hydrogens (tertiary/aromatic N) is 4. The number of hydrogen-bond donors (Lipinski definition) is 0. The molecule has 2 heterocycles. The van der Waals surface area contributed by atoms with E-state index in [1.54, 1.807) is 45.6 Å². The lowest BCUT2D eigenvalue weighted by Gasteiger charge is -2.08. The standard InChI is InChI=1S/C9H11BrN2O2.C8H9BrN2O2/c1-3-14-9(13)6(2)8-11-4-7(10)5-12-8;1-2-13-8(12)3-7-10-4-6(9)5-11-7/h4-6H,3H2,1-2H3;4-5H,2-3H2,1H3. The second-order valence-electron chi connectivity index (χ2n) is 5.03. The van der Waals surface area contributed by atoms with E-state index in [2.05, 4.69) is 51.8 Å². The third-order valence-electron chi connectivity index (χ3n) is 2.95. The zero-order valence-corrected chi connectivity index (χ0v) is 18.4. The Morgan fingerprint density at radius 2 is 1.41 bits per heavy atom. The molecule has 27 heavy (non-hydrogen) atoms. The zero-order valence-electron chi connectivity index (χ0n) is 15.2. The highest BCUT2D eigenvalue weighted by Crippen LogP contribution is 2.13. The van der Waals surface area contributed by atoms with Crippen molar-refractivity contribution < 1.29 is 19.1 Å². The molecule has 8 nitrogen and oxygen atoms in total. The Morgan fingerprint density at radius 3 is 1.89 bits per heavy atom. The number of aromatic nitrogens is 4. The van der Waals surface area contributed by atoms with Gasteiger partial charge in [-0.2, -0.15) is 0 Å². The van der Waals surface area contributed by atoms with Crippen molar-refractivity contribution in [2.45, 2.75) is 33.1 Å². The van der Waals surface area contributed by atoms with Crippen molar-refractivity contribution in [2.75, 3.05) is 13.2 Å². The number of carbonyl (C=O) groups is 2. The molecular formula is C17H20Br2N4O4. The summed E-state index contributed by atoms with van der Waals surface area (Å²) in [6, 6.07) is 0. The zero-order chi connectivity index (χ0) is 20.2. The van der Waals surface area contributed by atoms with E-state index in [0.29, 0.717) is 24.9 Å². The van der Waals surface area contributed by atoms with Gasteiger partial charge < -0.3 is 9.47 Å². The van der Waals surface area contributed by atoms with Crippen LogP contribution in [0.25, 0.3) is 0 Å². The molecule has 0 aliphatic rings. The van der Waals surface area contributed by atoms with Gasteiger partial charge in [-0.15, -0.1) is 0 Å². The van der Waals surface area contributed by atoms with E-state index in [1.165, 1.54) is 0 Å². The Balaban J connectivity index is 0.000000271. The van der Waals surface area contributed by atoms with Crippen molar-refractivity contribution in [3.63, 3.8) is 0 Å². The van der Waals surface area contributed by atoms with Crippen molar-refractivity contribution in [3.05, 3.63) is 45.4 Å². The Hall–Kier alpha value is -1.94. The van der Waals surface area contributed by atoms with Gasteiger partial charge in [-0.3, -0.25) is 9.59 Å². The minimum absolute atomic E-state index is 0.126. The van der Waals surface area contributed by atoms with Crippen LogP contribution >= 0.6 is 31.9 Å².